The van der Waals surface area contributed by atoms with Crippen LogP contribution in [-0.2, 0) is 9.53 Å². The van der Waals surface area contributed by atoms with Crippen molar-refractivity contribution in [2.75, 3.05) is 20.3 Å². The van der Waals surface area contributed by atoms with Gasteiger partial charge in [0.05, 0.1) is 12.6 Å². The second-order valence-electron chi connectivity index (χ2n) is 5.01. The Balaban J connectivity index is 2.22. The zero-order valence-electron chi connectivity index (χ0n) is 11.3. The van der Waals surface area contributed by atoms with Gasteiger partial charge in [-0.1, -0.05) is 12.8 Å². The van der Waals surface area contributed by atoms with Crippen LogP contribution < -0.4 is 10.6 Å². The van der Waals surface area contributed by atoms with Crippen molar-refractivity contribution in [2.24, 2.45) is 5.92 Å². The monoisotopic (exact) mass is 242 g/mol. The van der Waals surface area contributed by atoms with E-state index in [1.165, 1.54) is 25.7 Å². The maximum absolute atomic E-state index is 11.7. The summed E-state index contributed by atoms with van der Waals surface area (Å²) in [5.41, 5.74) is 0. The molecule has 0 aromatic rings. The van der Waals surface area contributed by atoms with E-state index < -0.39 is 0 Å². The predicted molar refractivity (Wildman–Crippen MR) is 68.9 cm³/mol. The smallest absolute Gasteiger partial charge is 0.236 e. The van der Waals surface area contributed by atoms with Crippen molar-refractivity contribution in [1.82, 2.24) is 10.6 Å². The molecule has 1 rings (SSSR count). The van der Waals surface area contributed by atoms with Crippen LogP contribution in [0.25, 0.3) is 0 Å². The van der Waals surface area contributed by atoms with Gasteiger partial charge in [-0.3, -0.25) is 4.79 Å². The minimum absolute atomic E-state index is 0.0619. The van der Waals surface area contributed by atoms with Crippen molar-refractivity contribution in [2.45, 2.75) is 51.6 Å². The molecule has 0 spiro atoms. The molecule has 2 atom stereocenters. The van der Waals surface area contributed by atoms with E-state index in [1.54, 1.807) is 7.11 Å². The second-order valence-corrected chi connectivity index (χ2v) is 5.01. The molecule has 100 valence electrons. The normalized spacial score (nSPS) is 20.2. The van der Waals surface area contributed by atoms with Gasteiger partial charge >= 0.3 is 0 Å². The van der Waals surface area contributed by atoms with E-state index in [-0.39, 0.29) is 11.9 Å². The van der Waals surface area contributed by atoms with E-state index in [1.807, 2.05) is 6.92 Å². The molecule has 0 aliphatic heterocycles. The molecule has 2 unspecified atom stereocenters. The molecule has 0 aromatic carbocycles. The van der Waals surface area contributed by atoms with Gasteiger partial charge in [0.15, 0.2) is 0 Å². The fourth-order valence-electron chi connectivity index (χ4n) is 2.49. The lowest BCUT2D eigenvalue weighted by Gasteiger charge is -2.24. The number of hydrogen-bond acceptors (Lipinski definition) is 3. The molecule has 4 heteroatoms. The van der Waals surface area contributed by atoms with E-state index in [2.05, 4.69) is 17.6 Å². The molecule has 1 amide bonds. The number of nitrogens with one attached hydrogen (secondary N) is 2. The lowest BCUT2D eigenvalue weighted by Crippen LogP contribution is -2.48. The molecule has 0 bridgehead atoms. The first kappa shape index (κ1) is 14.5. The second kappa shape index (κ2) is 7.67. The standard InChI is InChI=1S/C13H26N2O2/c1-10(12-6-4-5-7-12)15-11(2)13(16)14-8-9-17-3/h10-12,15H,4-9H2,1-3H3,(H,14,16). The SMILES string of the molecule is COCCNC(=O)C(C)NC(C)C1CCCC1. The van der Waals surface area contributed by atoms with Gasteiger partial charge in [-0.05, 0) is 32.6 Å². The number of hydrogen-bond donors (Lipinski definition) is 2. The highest BCUT2D eigenvalue weighted by Crippen LogP contribution is 2.27. The van der Waals surface area contributed by atoms with Crippen LogP contribution in [0.1, 0.15) is 39.5 Å². The molecule has 2 N–H and O–H groups in total. The summed E-state index contributed by atoms with van der Waals surface area (Å²) >= 11 is 0. The van der Waals surface area contributed by atoms with Gasteiger partial charge in [0.25, 0.3) is 0 Å². The van der Waals surface area contributed by atoms with Crippen LogP contribution in [0.4, 0.5) is 0 Å². The van der Waals surface area contributed by atoms with E-state index >= 15 is 0 Å². The molecule has 1 aliphatic rings. The lowest BCUT2D eigenvalue weighted by atomic mass is 9.99. The van der Waals surface area contributed by atoms with Crippen molar-refractivity contribution in [3.8, 4) is 0 Å². The molecule has 1 aliphatic carbocycles. The molecule has 1 saturated carbocycles. The van der Waals surface area contributed by atoms with Gasteiger partial charge in [0, 0.05) is 19.7 Å². The van der Waals surface area contributed by atoms with Gasteiger partial charge in [-0.15, -0.1) is 0 Å². The Morgan fingerprint density at radius 2 is 2.00 bits per heavy atom. The van der Waals surface area contributed by atoms with Gasteiger partial charge in [0.2, 0.25) is 5.91 Å². The number of carbonyl (C=O) groups excluding carboxylic acids is 1. The van der Waals surface area contributed by atoms with Crippen molar-refractivity contribution in [1.29, 1.82) is 0 Å². The maximum Gasteiger partial charge on any atom is 0.236 e. The maximum atomic E-state index is 11.7. The van der Waals surface area contributed by atoms with Crippen molar-refractivity contribution in [3.63, 3.8) is 0 Å². The van der Waals surface area contributed by atoms with E-state index in [0.717, 1.165) is 5.92 Å². The Labute approximate surface area is 104 Å². The van der Waals surface area contributed by atoms with Crippen LogP contribution in [0.5, 0.6) is 0 Å². The van der Waals surface area contributed by atoms with Gasteiger partial charge < -0.3 is 15.4 Å². The van der Waals surface area contributed by atoms with Crippen LogP contribution in [0, 0.1) is 5.92 Å². The van der Waals surface area contributed by atoms with Crippen LogP contribution in [0.2, 0.25) is 0 Å². The highest BCUT2D eigenvalue weighted by atomic mass is 16.5. The summed E-state index contributed by atoms with van der Waals surface area (Å²) in [6, 6.07) is 0.308. The van der Waals surface area contributed by atoms with Crippen LogP contribution >= 0.6 is 0 Å². The first-order valence-electron chi connectivity index (χ1n) is 6.68. The van der Waals surface area contributed by atoms with E-state index in [9.17, 15) is 4.79 Å². The fourth-order valence-corrected chi connectivity index (χ4v) is 2.49. The van der Waals surface area contributed by atoms with Gasteiger partial charge in [-0.25, -0.2) is 0 Å². The topological polar surface area (TPSA) is 50.4 Å². The summed E-state index contributed by atoms with van der Waals surface area (Å²) in [5, 5.41) is 6.25. The Bertz CT molecular complexity index is 227. The Morgan fingerprint density at radius 1 is 1.35 bits per heavy atom. The fraction of sp³-hybridized carbons (Fsp3) is 0.923. The zero-order chi connectivity index (χ0) is 12.7. The van der Waals surface area contributed by atoms with Crippen LogP contribution in [0.3, 0.4) is 0 Å². The third-order valence-corrected chi connectivity index (χ3v) is 3.62. The minimum atomic E-state index is -0.123. The molecule has 17 heavy (non-hydrogen) atoms. The summed E-state index contributed by atoms with van der Waals surface area (Å²) in [7, 11) is 1.63. The molecule has 0 heterocycles. The van der Waals surface area contributed by atoms with Crippen LogP contribution in [-0.4, -0.2) is 38.3 Å². The Hall–Kier alpha value is -0.610. The lowest BCUT2D eigenvalue weighted by molar-refractivity contribution is -0.123. The predicted octanol–water partition coefficient (Wildman–Crippen LogP) is 1.31. The highest BCUT2D eigenvalue weighted by Gasteiger charge is 2.24. The van der Waals surface area contributed by atoms with Crippen molar-refractivity contribution >= 4 is 5.91 Å². The average molecular weight is 242 g/mol. The van der Waals surface area contributed by atoms with Crippen LogP contribution in [0.15, 0.2) is 0 Å². The first-order chi connectivity index (χ1) is 8.15. The number of ether oxygens (including phenoxy) is 1. The van der Waals surface area contributed by atoms with E-state index in [4.69, 9.17) is 4.74 Å². The number of carbonyl (C=O) groups is 1. The van der Waals surface area contributed by atoms with Gasteiger partial charge in [0.1, 0.15) is 0 Å². The Kier molecular flexibility index (Phi) is 6.52. The summed E-state index contributed by atoms with van der Waals surface area (Å²) in [4.78, 5) is 11.7. The summed E-state index contributed by atoms with van der Waals surface area (Å²) in [6.07, 6.45) is 5.27. The quantitative estimate of drug-likeness (QED) is 0.662. The first-order valence-corrected chi connectivity index (χ1v) is 6.68. The van der Waals surface area contributed by atoms with Crippen molar-refractivity contribution < 1.29 is 9.53 Å². The number of rotatable bonds is 7. The molecule has 0 saturated heterocycles. The molecule has 0 radical (unpaired) electrons. The molecule has 4 nitrogen and oxygen atoms in total. The number of methoxy groups -OCH3 is 1. The molecular weight excluding hydrogens is 216 g/mol. The molecule has 0 aromatic heterocycles. The van der Waals surface area contributed by atoms with Gasteiger partial charge in [-0.2, -0.15) is 0 Å². The largest absolute Gasteiger partial charge is 0.383 e. The summed E-state index contributed by atoms with van der Waals surface area (Å²) in [6.45, 7) is 5.26. The summed E-state index contributed by atoms with van der Waals surface area (Å²) in [5.74, 6) is 0.802. The Morgan fingerprint density at radius 3 is 2.59 bits per heavy atom. The summed E-state index contributed by atoms with van der Waals surface area (Å²) < 4.78 is 4.90. The number of amides is 1. The average Bonchev–Trinajstić information content (AvgIpc) is 2.82. The minimum Gasteiger partial charge on any atom is -0.383 e. The third-order valence-electron chi connectivity index (χ3n) is 3.62. The van der Waals surface area contributed by atoms with Crippen molar-refractivity contribution in [3.05, 3.63) is 0 Å². The van der Waals surface area contributed by atoms with E-state index in [0.29, 0.717) is 19.2 Å². The molecular formula is C13H26N2O2. The zero-order valence-corrected chi connectivity index (χ0v) is 11.3. The highest BCUT2D eigenvalue weighted by molar-refractivity contribution is 5.81. The molecule has 1 fully saturated rings. The third kappa shape index (κ3) is 5.04.